The summed E-state index contributed by atoms with van der Waals surface area (Å²) in [5.41, 5.74) is 13.7. The van der Waals surface area contributed by atoms with Crippen molar-refractivity contribution in [2.75, 3.05) is 24.6 Å². The fourth-order valence-electron chi connectivity index (χ4n) is 8.11. The number of hydrogen-bond donors (Lipinski definition) is 13. The van der Waals surface area contributed by atoms with E-state index in [1.807, 2.05) is 31.2 Å². The maximum Gasteiger partial charge on any atom is 0.327 e. The summed E-state index contributed by atoms with van der Waals surface area (Å²) in [6.45, 7) is 3.20. The Hall–Kier alpha value is -7.61. The molecule has 1 aliphatic heterocycles. The zero-order chi connectivity index (χ0) is 55.0. The van der Waals surface area contributed by atoms with E-state index in [0.29, 0.717) is 29.7 Å². The maximum atomic E-state index is 14.7. The molecule has 15 N–H and O–H groups in total. The van der Waals surface area contributed by atoms with Gasteiger partial charge in [0.2, 0.25) is 47.3 Å². The van der Waals surface area contributed by atoms with E-state index in [1.54, 1.807) is 36.5 Å². The summed E-state index contributed by atoms with van der Waals surface area (Å²) in [4.78, 5) is 138. The number of unbranched alkanes of at least 4 members (excludes halogenated alkanes) is 1. The van der Waals surface area contributed by atoms with Crippen molar-refractivity contribution in [3.8, 4) is 0 Å². The average Bonchev–Trinajstić information content (AvgIpc) is 4.07. The van der Waals surface area contributed by atoms with Crippen molar-refractivity contribution in [3.63, 3.8) is 0 Å². The fraction of sp³-hybridized carbons (Fsp3) is 0.460. The van der Waals surface area contributed by atoms with Crippen LogP contribution in [0.4, 0.5) is 0 Å². The van der Waals surface area contributed by atoms with E-state index in [4.69, 9.17) is 11.5 Å². The molecule has 1 fully saturated rings. The summed E-state index contributed by atoms with van der Waals surface area (Å²) in [7, 11) is 2.03. The molecule has 2 aromatic heterocycles. The first-order valence-corrected chi connectivity index (χ1v) is 27.4. The molecule has 24 nitrogen and oxygen atoms in total. The molecule has 2 aromatic carbocycles. The molecule has 3 heterocycles. The second kappa shape index (κ2) is 30.7. The zero-order valence-electron chi connectivity index (χ0n) is 42.4. The van der Waals surface area contributed by atoms with Gasteiger partial charge in [-0.2, -0.15) is 0 Å². The highest BCUT2D eigenvalue weighted by Crippen LogP contribution is 2.24. The Kier molecular flexibility index (Phi) is 23.9. The van der Waals surface area contributed by atoms with Crippen LogP contribution in [0.2, 0.25) is 0 Å². The number of aromatic amines is 2. The quantitative estimate of drug-likeness (QED) is 0.0285. The minimum atomic E-state index is -1.43. The lowest BCUT2D eigenvalue weighted by Gasteiger charge is -2.28. The molecule has 410 valence electrons. The Bertz CT molecular complexity index is 2630. The van der Waals surface area contributed by atoms with Crippen LogP contribution in [0, 0.1) is 0 Å². The number of aliphatic imine (C=N–C) groups is 1. The number of nitrogens with zero attached hydrogens (tertiary/aromatic N) is 2. The molecule has 0 spiro atoms. The fourth-order valence-corrected chi connectivity index (χ4v) is 10.4. The van der Waals surface area contributed by atoms with Crippen LogP contribution in [0.1, 0.15) is 75.6 Å². The summed E-state index contributed by atoms with van der Waals surface area (Å²) in [6, 6.07) is 7.04. The number of rotatable bonds is 17. The predicted octanol–water partition coefficient (Wildman–Crippen LogP) is -0.0478. The number of aliphatic carboxylic acids is 1. The van der Waals surface area contributed by atoms with Crippen LogP contribution in [0.25, 0.3) is 10.9 Å². The minimum absolute atomic E-state index is 0.00210. The van der Waals surface area contributed by atoms with Crippen molar-refractivity contribution in [1.29, 1.82) is 0 Å². The topological polar surface area (TPSA) is 379 Å². The van der Waals surface area contributed by atoms with Gasteiger partial charge in [0, 0.05) is 86.2 Å². The summed E-state index contributed by atoms with van der Waals surface area (Å²) in [5, 5.41) is 32.6. The number of guanidine groups is 1. The second-order valence-electron chi connectivity index (χ2n) is 18.1. The molecule has 0 saturated carbocycles. The number of carbonyl (C=O) groups is 9. The average molecular weight is 1090 g/mol. The van der Waals surface area contributed by atoms with Gasteiger partial charge in [-0.1, -0.05) is 89.9 Å². The van der Waals surface area contributed by atoms with Crippen LogP contribution in [-0.4, -0.2) is 146 Å². The van der Waals surface area contributed by atoms with E-state index in [9.17, 15) is 48.3 Å². The molecule has 0 unspecified atom stereocenters. The first kappa shape index (κ1) is 59.3. The maximum absolute atomic E-state index is 14.7. The molecule has 0 bridgehead atoms. The van der Waals surface area contributed by atoms with Crippen molar-refractivity contribution in [1.82, 2.24) is 57.5 Å². The third-order valence-corrected chi connectivity index (χ3v) is 14.5. The number of hydrogen-bond acceptors (Lipinski definition) is 13. The number of nitrogens with one attached hydrogen (secondary N) is 10. The molecule has 7 atom stereocenters. The molecular formula is C50H68N14O10S2. The van der Waals surface area contributed by atoms with Gasteiger partial charge in [0.05, 0.1) is 6.33 Å². The van der Waals surface area contributed by atoms with Gasteiger partial charge in [0.15, 0.2) is 5.96 Å². The van der Waals surface area contributed by atoms with E-state index in [0.717, 1.165) is 32.5 Å². The van der Waals surface area contributed by atoms with Crippen molar-refractivity contribution < 1.29 is 48.3 Å². The molecule has 1 aliphatic rings. The third kappa shape index (κ3) is 19.6. The number of fused-ring (bicyclic) bond motifs is 1. The smallest absolute Gasteiger partial charge is 0.327 e. The number of nitrogens with two attached hydrogens (primary N) is 2. The third-order valence-electron chi connectivity index (χ3n) is 12.1. The van der Waals surface area contributed by atoms with Gasteiger partial charge in [-0.25, -0.2) is 9.78 Å². The number of benzene rings is 2. The van der Waals surface area contributed by atoms with E-state index in [-0.39, 0.29) is 81.9 Å². The number of amides is 8. The molecule has 0 radical (unpaired) electrons. The number of H-pyrrole nitrogens is 2. The molecule has 1 saturated heterocycles. The standard InChI is InChI=1S/C50H68N14O10S2/c1-3-4-15-35(58-29(2)65)44(68)64-40-26-75-76-27-41(49(73)74)59-42(66)18-11-19-54-43(67)38(22-31-24-56-34-16-9-8-14-33(31)34)62-45(69)36(17-10-20-55-50(51)52)60-46(70)37(21-30-12-6-5-7-13-30)61-47(71)39(63-48(40)72)23-32-25-53-28-57-32/h5-9,12-14,16,24-25,28,35-41,56H,3-4,10-11,15,17-23,26-27H2,1-2H3,(H,53,57)(H,54,67)(H,58,65)(H,59,66)(H,60,70)(H,61,71)(H,62,69)(H,63,72)(H,64,68)(H,73,74)(H4,51,52,55)/t35-,36-,37+,38-,39-,40-,41-/m0/s1. The summed E-state index contributed by atoms with van der Waals surface area (Å²) < 4.78 is 0. The SMILES string of the molecule is CCCC[C@H](NC(C)=O)C(=O)N[C@H]1CSSC[C@@H](C(=O)O)NC(=O)CCCNC(=O)[C@H](Cc2c[nH]c3ccccc23)NC(=O)[C@H](CCCN=C(N)N)NC(=O)[C@@H](Cc2ccccc2)NC(=O)[C@H](Cc2cnc[nH]2)NC1=O. The van der Waals surface area contributed by atoms with Gasteiger partial charge in [-0.3, -0.25) is 43.3 Å². The van der Waals surface area contributed by atoms with Crippen LogP contribution in [0.3, 0.4) is 0 Å². The van der Waals surface area contributed by atoms with Gasteiger partial charge in [-0.05, 0) is 42.9 Å². The Morgan fingerprint density at radius 1 is 0.789 bits per heavy atom. The Morgan fingerprint density at radius 3 is 2.13 bits per heavy atom. The lowest BCUT2D eigenvalue weighted by molar-refractivity contribution is -0.141. The molecule has 4 aromatic rings. The lowest BCUT2D eigenvalue weighted by Crippen LogP contribution is -2.60. The highest BCUT2D eigenvalue weighted by atomic mass is 33.1. The molecule has 0 aliphatic carbocycles. The predicted molar refractivity (Wildman–Crippen MR) is 288 cm³/mol. The van der Waals surface area contributed by atoms with Crippen LogP contribution in [0.15, 0.2) is 78.3 Å². The van der Waals surface area contributed by atoms with Gasteiger partial charge in [0.1, 0.15) is 42.3 Å². The molecule has 76 heavy (non-hydrogen) atoms. The number of imidazole rings is 1. The van der Waals surface area contributed by atoms with Gasteiger partial charge in [0.25, 0.3) is 0 Å². The highest BCUT2D eigenvalue weighted by molar-refractivity contribution is 8.76. The van der Waals surface area contributed by atoms with E-state index in [2.05, 4.69) is 62.5 Å². The van der Waals surface area contributed by atoms with E-state index >= 15 is 0 Å². The van der Waals surface area contributed by atoms with Gasteiger partial charge < -0.3 is 69.1 Å². The van der Waals surface area contributed by atoms with Crippen molar-refractivity contribution in [2.24, 2.45) is 16.5 Å². The lowest BCUT2D eigenvalue weighted by atomic mass is 10.0. The van der Waals surface area contributed by atoms with Crippen molar-refractivity contribution in [2.45, 2.75) is 120 Å². The first-order valence-electron chi connectivity index (χ1n) is 25.0. The van der Waals surface area contributed by atoms with Crippen molar-refractivity contribution in [3.05, 3.63) is 90.1 Å². The van der Waals surface area contributed by atoms with Crippen LogP contribution < -0.4 is 54.0 Å². The Morgan fingerprint density at radius 2 is 1.45 bits per heavy atom. The largest absolute Gasteiger partial charge is 0.480 e. The zero-order valence-corrected chi connectivity index (χ0v) is 44.0. The molecule has 5 rings (SSSR count). The van der Waals surface area contributed by atoms with E-state index < -0.39 is 95.5 Å². The van der Waals surface area contributed by atoms with Gasteiger partial charge in [-0.15, -0.1) is 0 Å². The van der Waals surface area contributed by atoms with Crippen molar-refractivity contribution >= 4 is 91.7 Å². The number of aromatic nitrogens is 3. The Balaban J connectivity index is 1.53. The minimum Gasteiger partial charge on any atom is -0.480 e. The summed E-state index contributed by atoms with van der Waals surface area (Å²) >= 11 is 0. The molecule has 8 amide bonds. The van der Waals surface area contributed by atoms with Crippen LogP contribution in [-0.2, 0) is 62.4 Å². The number of para-hydroxylation sites is 1. The normalized spacial score (nSPS) is 21.4. The number of carbonyl (C=O) groups excluding carboxylic acids is 8. The molecular weight excluding hydrogens is 1020 g/mol. The summed E-state index contributed by atoms with van der Waals surface area (Å²) in [6.07, 6.45) is 5.86. The summed E-state index contributed by atoms with van der Waals surface area (Å²) in [5.74, 6) is -7.46. The number of carboxylic acid groups (broad SMARTS) is 1. The second-order valence-corrected chi connectivity index (χ2v) is 20.7. The van der Waals surface area contributed by atoms with E-state index in [1.165, 1.54) is 19.4 Å². The monoisotopic (exact) mass is 1090 g/mol. The molecule has 26 heteroatoms. The number of carboxylic acids is 1. The Labute approximate surface area is 447 Å². The van der Waals surface area contributed by atoms with Gasteiger partial charge >= 0.3 is 5.97 Å². The van der Waals surface area contributed by atoms with Crippen LogP contribution >= 0.6 is 21.6 Å². The highest BCUT2D eigenvalue weighted by Gasteiger charge is 2.35. The van der Waals surface area contributed by atoms with Crippen LogP contribution in [0.5, 0.6) is 0 Å². The first-order chi connectivity index (χ1) is 36.5.